The Balaban J connectivity index is 1.44. The van der Waals surface area contributed by atoms with Crippen molar-refractivity contribution in [3.8, 4) is 11.1 Å². The number of aromatic nitrogens is 1. The van der Waals surface area contributed by atoms with Crippen LogP contribution in [0.1, 0.15) is 22.3 Å². The molecule has 2 aliphatic heterocycles. The summed E-state index contributed by atoms with van der Waals surface area (Å²) < 4.78 is 19.0. The summed E-state index contributed by atoms with van der Waals surface area (Å²) >= 11 is 0. The van der Waals surface area contributed by atoms with E-state index < -0.39 is 18.0 Å². The molecule has 2 amide bonds. The summed E-state index contributed by atoms with van der Waals surface area (Å²) in [6, 6.07) is 15.4. The maximum Gasteiger partial charge on any atom is 0.254 e. The standard InChI is InChI=1S/C27H24FN3O4/c28-19-8-6-17(7-9-19)14-22(27(34)31-13-11-24-25(31)23(32)16-35-24)30-26(33)21-15-29-12-10-20(21)18-4-2-1-3-5-18/h1-10,12,15,22,24-25H,11,13-14,16H2,(H,30,33). The van der Waals surface area contributed by atoms with Crippen LogP contribution in [0.15, 0.2) is 73.1 Å². The SMILES string of the molecule is O=C(NC(Cc1ccc(F)cc1)C(=O)N1CCC2OCC(=O)C21)c1cnccc1-c1ccccc1. The molecular formula is C27H24FN3O4. The summed E-state index contributed by atoms with van der Waals surface area (Å²) in [4.78, 5) is 45.1. The Morgan fingerprint density at radius 3 is 2.66 bits per heavy atom. The second-order valence-corrected chi connectivity index (χ2v) is 8.72. The molecule has 0 saturated carbocycles. The van der Waals surface area contributed by atoms with E-state index >= 15 is 0 Å². The first-order valence-corrected chi connectivity index (χ1v) is 11.5. The molecule has 8 heteroatoms. The van der Waals surface area contributed by atoms with Gasteiger partial charge in [-0.25, -0.2) is 4.39 Å². The maximum atomic E-state index is 13.6. The highest BCUT2D eigenvalue weighted by Crippen LogP contribution is 2.28. The molecule has 2 aliphatic rings. The Bertz CT molecular complexity index is 1250. The van der Waals surface area contributed by atoms with E-state index in [0.29, 0.717) is 29.7 Å². The molecule has 178 valence electrons. The molecule has 3 aromatic rings. The number of benzene rings is 2. The van der Waals surface area contributed by atoms with Gasteiger partial charge in [-0.15, -0.1) is 0 Å². The molecule has 0 spiro atoms. The van der Waals surface area contributed by atoms with Gasteiger partial charge in [-0.1, -0.05) is 42.5 Å². The number of nitrogens with one attached hydrogen (secondary N) is 1. The number of ether oxygens (including phenoxy) is 1. The molecule has 5 rings (SSSR count). The van der Waals surface area contributed by atoms with Crippen LogP contribution >= 0.6 is 0 Å². The number of nitrogens with zero attached hydrogens (tertiary/aromatic N) is 2. The maximum absolute atomic E-state index is 13.6. The zero-order valence-corrected chi connectivity index (χ0v) is 18.9. The Morgan fingerprint density at radius 1 is 1.11 bits per heavy atom. The van der Waals surface area contributed by atoms with Crippen LogP contribution in [-0.2, 0) is 20.7 Å². The van der Waals surface area contributed by atoms with E-state index in [1.54, 1.807) is 24.4 Å². The fraction of sp³-hybridized carbons (Fsp3) is 0.259. The number of fused-ring (bicyclic) bond motifs is 1. The number of likely N-dealkylation sites (tertiary alicyclic amines) is 1. The number of halogens is 1. The van der Waals surface area contributed by atoms with Crippen molar-refractivity contribution in [3.05, 3.63) is 90.0 Å². The quantitative estimate of drug-likeness (QED) is 0.595. The van der Waals surface area contributed by atoms with E-state index in [1.807, 2.05) is 30.3 Å². The zero-order chi connectivity index (χ0) is 24.4. The van der Waals surface area contributed by atoms with Gasteiger partial charge < -0.3 is 15.0 Å². The molecule has 0 aliphatic carbocycles. The van der Waals surface area contributed by atoms with Crippen LogP contribution in [0.3, 0.4) is 0 Å². The van der Waals surface area contributed by atoms with Crippen molar-refractivity contribution >= 4 is 17.6 Å². The third-order valence-electron chi connectivity index (χ3n) is 6.50. The van der Waals surface area contributed by atoms with Crippen molar-refractivity contribution in [2.24, 2.45) is 0 Å². The van der Waals surface area contributed by atoms with E-state index in [2.05, 4.69) is 10.3 Å². The average molecular weight is 474 g/mol. The first-order valence-electron chi connectivity index (χ1n) is 11.5. The largest absolute Gasteiger partial charge is 0.368 e. The van der Waals surface area contributed by atoms with Gasteiger partial charge in [0.05, 0.1) is 11.7 Å². The van der Waals surface area contributed by atoms with Gasteiger partial charge in [-0.3, -0.25) is 19.4 Å². The third kappa shape index (κ3) is 4.70. The molecule has 3 atom stereocenters. The Hall–Kier alpha value is -3.91. The highest BCUT2D eigenvalue weighted by atomic mass is 19.1. The summed E-state index contributed by atoms with van der Waals surface area (Å²) in [5.41, 5.74) is 2.55. The second kappa shape index (κ2) is 9.76. The Kier molecular flexibility index (Phi) is 6.37. The van der Waals surface area contributed by atoms with Gasteiger partial charge in [0.1, 0.15) is 24.5 Å². The summed E-state index contributed by atoms with van der Waals surface area (Å²) in [5.74, 6) is -1.34. The van der Waals surface area contributed by atoms with Crippen LogP contribution in [0, 0.1) is 5.82 Å². The predicted molar refractivity (Wildman–Crippen MR) is 126 cm³/mol. The van der Waals surface area contributed by atoms with Crippen molar-refractivity contribution in [2.75, 3.05) is 13.2 Å². The second-order valence-electron chi connectivity index (χ2n) is 8.72. The molecule has 1 N–H and O–H groups in total. The lowest BCUT2D eigenvalue weighted by Gasteiger charge is -2.28. The molecule has 2 aromatic carbocycles. The monoisotopic (exact) mass is 473 g/mol. The van der Waals surface area contributed by atoms with Crippen LogP contribution in [0.5, 0.6) is 0 Å². The van der Waals surface area contributed by atoms with E-state index in [9.17, 15) is 18.8 Å². The molecule has 7 nitrogen and oxygen atoms in total. The Morgan fingerprint density at radius 2 is 1.89 bits per heavy atom. The summed E-state index contributed by atoms with van der Waals surface area (Å²) in [5, 5.41) is 2.86. The van der Waals surface area contributed by atoms with Gasteiger partial charge >= 0.3 is 0 Å². The van der Waals surface area contributed by atoms with Gasteiger partial charge in [0, 0.05) is 25.4 Å². The average Bonchev–Trinajstić information content (AvgIpc) is 3.48. The van der Waals surface area contributed by atoms with E-state index in [-0.39, 0.29) is 36.6 Å². The topological polar surface area (TPSA) is 88.6 Å². The van der Waals surface area contributed by atoms with Gasteiger partial charge in [-0.05, 0) is 41.3 Å². The van der Waals surface area contributed by atoms with Crippen molar-refractivity contribution in [1.82, 2.24) is 15.2 Å². The number of hydrogen-bond acceptors (Lipinski definition) is 5. The molecule has 2 fully saturated rings. The highest BCUT2D eigenvalue weighted by molar-refractivity contribution is 6.03. The normalized spacial score (nSPS) is 19.9. The minimum Gasteiger partial charge on any atom is -0.368 e. The summed E-state index contributed by atoms with van der Waals surface area (Å²) in [6.45, 7) is 0.363. The van der Waals surface area contributed by atoms with Gasteiger partial charge in [0.2, 0.25) is 5.91 Å². The van der Waals surface area contributed by atoms with Crippen LogP contribution in [0.4, 0.5) is 4.39 Å². The predicted octanol–water partition coefficient (Wildman–Crippen LogP) is 2.80. The molecule has 1 aromatic heterocycles. The first kappa shape index (κ1) is 22.9. The van der Waals surface area contributed by atoms with Crippen molar-refractivity contribution in [3.63, 3.8) is 0 Å². The molecule has 0 radical (unpaired) electrons. The van der Waals surface area contributed by atoms with Crippen molar-refractivity contribution < 1.29 is 23.5 Å². The molecule has 0 bridgehead atoms. The molecule has 35 heavy (non-hydrogen) atoms. The highest BCUT2D eigenvalue weighted by Gasteiger charge is 2.48. The van der Waals surface area contributed by atoms with Crippen LogP contribution in [-0.4, -0.2) is 58.8 Å². The number of pyridine rings is 1. The third-order valence-corrected chi connectivity index (χ3v) is 6.50. The van der Waals surface area contributed by atoms with Gasteiger partial charge in [0.25, 0.3) is 5.91 Å². The Labute approximate surface area is 201 Å². The summed E-state index contributed by atoms with van der Waals surface area (Å²) in [6.07, 6.45) is 3.49. The van der Waals surface area contributed by atoms with Crippen molar-refractivity contribution in [1.29, 1.82) is 0 Å². The number of amides is 2. The molecular weight excluding hydrogens is 449 g/mol. The van der Waals surface area contributed by atoms with Crippen LogP contribution in [0.25, 0.3) is 11.1 Å². The molecule has 3 unspecified atom stereocenters. The van der Waals surface area contributed by atoms with Crippen LogP contribution < -0.4 is 5.32 Å². The fourth-order valence-corrected chi connectivity index (χ4v) is 4.78. The lowest BCUT2D eigenvalue weighted by molar-refractivity contribution is -0.138. The smallest absolute Gasteiger partial charge is 0.254 e. The number of hydrogen-bond donors (Lipinski definition) is 1. The van der Waals surface area contributed by atoms with Gasteiger partial charge in [-0.2, -0.15) is 0 Å². The minimum atomic E-state index is -0.955. The number of rotatable bonds is 6. The van der Waals surface area contributed by atoms with E-state index in [0.717, 1.165) is 5.56 Å². The van der Waals surface area contributed by atoms with Crippen LogP contribution in [0.2, 0.25) is 0 Å². The minimum absolute atomic E-state index is 0.00970. The first-order chi connectivity index (χ1) is 17.0. The number of ketones is 1. The number of carbonyl (C=O) groups excluding carboxylic acids is 3. The lowest BCUT2D eigenvalue weighted by atomic mass is 10.00. The van der Waals surface area contributed by atoms with Gasteiger partial charge in [0.15, 0.2) is 5.78 Å². The van der Waals surface area contributed by atoms with E-state index in [4.69, 9.17) is 4.74 Å². The summed E-state index contributed by atoms with van der Waals surface area (Å²) in [7, 11) is 0. The fourth-order valence-electron chi connectivity index (χ4n) is 4.78. The molecule has 3 heterocycles. The number of carbonyl (C=O) groups is 3. The number of Topliss-reactive ketones (excluding diaryl/α,β-unsaturated/α-hetero) is 1. The zero-order valence-electron chi connectivity index (χ0n) is 18.9. The molecule has 2 saturated heterocycles. The van der Waals surface area contributed by atoms with Crippen molar-refractivity contribution in [2.45, 2.75) is 31.0 Å². The lowest BCUT2D eigenvalue weighted by Crippen LogP contribution is -2.53. The van der Waals surface area contributed by atoms with E-state index in [1.165, 1.54) is 23.2 Å².